The van der Waals surface area contributed by atoms with Gasteiger partial charge in [-0.2, -0.15) is 0 Å². The fourth-order valence-electron chi connectivity index (χ4n) is 3.28. The van der Waals surface area contributed by atoms with Gasteiger partial charge in [-0.05, 0) is 50.7 Å². The van der Waals surface area contributed by atoms with E-state index >= 15 is 0 Å². The molecule has 1 aliphatic rings. The maximum atomic E-state index is 6.27. The number of guanidine groups is 1. The second-order valence-electron chi connectivity index (χ2n) is 7.05. The summed E-state index contributed by atoms with van der Waals surface area (Å²) in [6.07, 6.45) is 6.06. The van der Waals surface area contributed by atoms with Gasteiger partial charge in [-0.25, -0.2) is 0 Å². The molecule has 0 unspecified atom stereocenters. The van der Waals surface area contributed by atoms with E-state index in [2.05, 4.69) is 52.8 Å². The molecule has 2 N–H and O–H groups in total. The van der Waals surface area contributed by atoms with E-state index in [9.17, 15) is 0 Å². The number of benzene rings is 1. The molecular formula is C21H31IN4O2. The lowest BCUT2D eigenvalue weighted by Gasteiger charge is -2.18. The summed E-state index contributed by atoms with van der Waals surface area (Å²) < 4.78 is 11.6. The van der Waals surface area contributed by atoms with Gasteiger partial charge in [0.05, 0.1) is 18.3 Å². The fourth-order valence-corrected chi connectivity index (χ4v) is 3.28. The smallest absolute Gasteiger partial charge is 0.191 e. The van der Waals surface area contributed by atoms with E-state index in [4.69, 9.17) is 9.26 Å². The summed E-state index contributed by atoms with van der Waals surface area (Å²) in [7, 11) is 1.76. The van der Waals surface area contributed by atoms with E-state index in [0.29, 0.717) is 19.2 Å². The predicted molar refractivity (Wildman–Crippen MR) is 122 cm³/mol. The van der Waals surface area contributed by atoms with Gasteiger partial charge in [0, 0.05) is 25.2 Å². The molecule has 1 fully saturated rings. The van der Waals surface area contributed by atoms with Gasteiger partial charge in [-0.3, -0.25) is 4.99 Å². The summed E-state index contributed by atoms with van der Waals surface area (Å²) in [5.74, 6) is 2.50. The van der Waals surface area contributed by atoms with E-state index in [0.717, 1.165) is 48.0 Å². The molecule has 28 heavy (non-hydrogen) atoms. The zero-order valence-corrected chi connectivity index (χ0v) is 19.3. The van der Waals surface area contributed by atoms with Crippen molar-refractivity contribution in [1.29, 1.82) is 0 Å². The largest absolute Gasteiger partial charge is 0.490 e. The van der Waals surface area contributed by atoms with Crippen LogP contribution in [-0.4, -0.2) is 24.3 Å². The molecule has 0 aliphatic heterocycles. The molecule has 1 heterocycles. The molecule has 1 saturated carbocycles. The molecule has 0 saturated heterocycles. The van der Waals surface area contributed by atoms with E-state index < -0.39 is 0 Å². The molecule has 1 aliphatic carbocycles. The van der Waals surface area contributed by atoms with Crippen molar-refractivity contribution in [2.24, 2.45) is 4.99 Å². The lowest BCUT2D eigenvalue weighted by Crippen LogP contribution is -2.36. The van der Waals surface area contributed by atoms with Gasteiger partial charge >= 0.3 is 0 Å². The topological polar surface area (TPSA) is 71.7 Å². The van der Waals surface area contributed by atoms with Crippen LogP contribution in [-0.2, 0) is 19.5 Å². The molecule has 0 radical (unpaired) electrons. The van der Waals surface area contributed by atoms with E-state index in [1.807, 2.05) is 6.07 Å². The van der Waals surface area contributed by atoms with Gasteiger partial charge in [0.1, 0.15) is 5.75 Å². The molecule has 3 rings (SSSR count). The normalized spacial score (nSPS) is 14.6. The maximum absolute atomic E-state index is 6.27. The number of nitrogens with zero attached hydrogens (tertiary/aromatic N) is 2. The number of rotatable bonds is 7. The third-order valence-corrected chi connectivity index (χ3v) is 4.89. The first kappa shape index (κ1) is 22.5. The van der Waals surface area contributed by atoms with Crippen molar-refractivity contribution in [3.8, 4) is 5.75 Å². The highest BCUT2D eigenvalue weighted by molar-refractivity contribution is 14.0. The molecule has 1 aromatic carbocycles. The summed E-state index contributed by atoms with van der Waals surface area (Å²) >= 11 is 0. The van der Waals surface area contributed by atoms with Crippen LogP contribution in [0.1, 0.15) is 55.2 Å². The first-order valence-electron chi connectivity index (χ1n) is 9.83. The van der Waals surface area contributed by atoms with Crippen molar-refractivity contribution in [3.05, 3.63) is 46.8 Å². The fraction of sp³-hybridized carbons (Fsp3) is 0.524. The Morgan fingerprint density at radius 2 is 1.96 bits per heavy atom. The van der Waals surface area contributed by atoms with Gasteiger partial charge in [0.15, 0.2) is 11.7 Å². The molecule has 6 nitrogen and oxygen atoms in total. The molecule has 0 bridgehead atoms. The Balaban J connectivity index is 0.00000280. The highest BCUT2D eigenvalue weighted by Crippen LogP contribution is 2.27. The summed E-state index contributed by atoms with van der Waals surface area (Å²) in [6, 6.07) is 8.35. The summed E-state index contributed by atoms with van der Waals surface area (Å²) in [4.78, 5) is 4.29. The van der Waals surface area contributed by atoms with Crippen molar-refractivity contribution in [3.63, 3.8) is 0 Å². The van der Waals surface area contributed by atoms with Crippen LogP contribution in [0.15, 0.2) is 33.8 Å². The lowest BCUT2D eigenvalue weighted by molar-refractivity contribution is 0.207. The molecule has 0 amide bonds. The monoisotopic (exact) mass is 498 g/mol. The number of aliphatic imine (C=N–C) groups is 1. The summed E-state index contributed by atoms with van der Waals surface area (Å²) in [6.45, 7) is 5.36. The van der Waals surface area contributed by atoms with Crippen LogP contribution in [0.5, 0.6) is 5.75 Å². The summed E-state index contributed by atoms with van der Waals surface area (Å²) in [5.41, 5.74) is 3.32. The Kier molecular flexibility index (Phi) is 9.08. The third kappa shape index (κ3) is 6.39. The molecule has 7 heteroatoms. The van der Waals surface area contributed by atoms with Crippen LogP contribution in [0.2, 0.25) is 0 Å². The predicted octanol–water partition coefficient (Wildman–Crippen LogP) is 4.35. The van der Waals surface area contributed by atoms with Crippen LogP contribution >= 0.6 is 24.0 Å². The van der Waals surface area contributed by atoms with Gasteiger partial charge in [-0.15, -0.1) is 24.0 Å². The van der Waals surface area contributed by atoms with Crippen molar-refractivity contribution in [2.75, 3.05) is 7.05 Å². The number of aryl methyl sites for hydroxylation is 2. The lowest BCUT2D eigenvalue weighted by atomic mass is 10.1. The van der Waals surface area contributed by atoms with Gasteiger partial charge < -0.3 is 19.9 Å². The molecule has 154 valence electrons. The average molecular weight is 498 g/mol. The zero-order chi connectivity index (χ0) is 19.1. The quantitative estimate of drug-likeness (QED) is 0.338. The standard InChI is InChI=1S/C21H30N4O2.HI/c1-4-17-12-19(27-25-17)14-24-21(22-3)23-13-16-10-9-15(2)11-20(16)26-18-7-5-6-8-18;/h9-12,18H,4-8,13-14H2,1-3H3,(H2,22,23,24);1H. The Morgan fingerprint density at radius 3 is 2.64 bits per heavy atom. The molecule has 2 aromatic rings. The molecular weight excluding hydrogens is 467 g/mol. The minimum absolute atomic E-state index is 0. The highest BCUT2D eigenvalue weighted by atomic mass is 127. The number of halogens is 1. The van der Waals surface area contributed by atoms with Crippen LogP contribution in [0.3, 0.4) is 0 Å². The SMILES string of the molecule is CCc1cc(CNC(=NC)NCc2ccc(C)cc2OC2CCCC2)on1.I. The molecule has 0 atom stereocenters. The first-order valence-corrected chi connectivity index (χ1v) is 9.83. The van der Waals surface area contributed by atoms with Crippen molar-refractivity contribution < 1.29 is 9.26 Å². The average Bonchev–Trinajstić information content (AvgIpc) is 3.35. The van der Waals surface area contributed by atoms with Gasteiger partial charge in [0.25, 0.3) is 0 Å². The Morgan fingerprint density at radius 1 is 1.21 bits per heavy atom. The Bertz CT molecular complexity index is 770. The number of hydrogen-bond acceptors (Lipinski definition) is 4. The second kappa shape index (κ2) is 11.3. The number of aromatic nitrogens is 1. The van der Waals surface area contributed by atoms with Crippen LogP contribution in [0.4, 0.5) is 0 Å². The van der Waals surface area contributed by atoms with E-state index in [1.165, 1.54) is 18.4 Å². The zero-order valence-electron chi connectivity index (χ0n) is 17.0. The van der Waals surface area contributed by atoms with Gasteiger partial charge in [-0.1, -0.05) is 24.2 Å². The van der Waals surface area contributed by atoms with Crippen LogP contribution in [0, 0.1) is 6.92 Å². The van der Waals surface area contributed by atoms with Crippen LogP contribution in [0.25, 0.3) is 0 Å². The molecule has 1 aromatic heterocycles. The second-order valence-corrected chi connectivity index (χ2v) is 7.05. The number of hydrogen-bond donors (Lipinski definition) is 2. The summed E-state index contributed by atoms with van der Waals surface area (Å²) in [5, 5.41) is 10.6. The Hall–Kier alpha value is -1.77. The van der Waals surface area contributed by atoms with Crippen molar-refractivity contribution in [2.45, 2.75) is 65.1 Å². The molecule has 0 spiro atoms. The highest BCUT2D eigenvalue weighted by Gasteiger charge is 2.18. The van der Waals surface area contributed by atoms with E-state index in [1.54, 1.807) is 7.05 Å². The minimum Gasteiger partial charge on any atom is -0.490 e. The van der Waals surface area contributed by atoms with Crippen molar-refractivity contribution in [1.82, 2.24) is 15.8 Å². The van der Waals surface area contributed by atoms with Crippen molar-refractivity contribution >= 4 is 29.9 Å². The number of nitrogens with one attached hydrogen (secondary N) is 2. The Labute approximate surface area is 184 Å². The van der Waals surface area contributed by atoms with Gasteiger partial charge in [0.2, 0.25) is 0 Å². The first-order chi connectivity index (χ1) is 13.2. The maximum Gasteiger partial charge on any atom is 0.191 e. The van der Waals surface area contributed by atoms with Crippen LogP contribution < -0.4 is 15.4 Å². The third-order valence-electron chi connectivity index (χ3n) is 4.89. The van der Waals surface area contributed by atoms with E-state index in [-0.39, 0.29) is 24.0 Å². The number of ether oxygens (including phenoxy) is 1. The minimum atomic E-state index is 0.